The van der Waals surface area contributed by atoms with Gasteiger partial charge in [0.1, 0.15) is 0 Å². The zero-order valence-electron chi connectivity index (χ0n) is 19.3. The quantitative estimate of drug-likeness (QED) is 0.400. The number of aromatic nitrogens is 2. The van der Waals surface area contributed by atoms with Crippen molar-refractivity contribution in [2.45, 2.75) is 19.5 Å². The van der Waals surface area contributed by atoms with Crippen LogP contribution in [0.2, 0.25) is 0 Å². The molecule has 1 aliphatic heterocycles. The number of morpholine rings is 1. The van der Waals surface area contributed by atoms with E-state index < -0.39 is 23.5 Å². The normalized spacial score (nSPS) is 16.1. The SMILES string of the molecule is Cc1cc(NC2=CC=CC(C(F)(F)F)=CC2)ccc1C(=O)NNc1ncc(F)c(N2CCOCC2)n1. The summed E-state index contributed by atoms with van der Waals surface area (Å²) in [5.41, 5.74) is 6.59. The predicted molar refractivity (Wildman–Crippen MR) is 127 cm³/mol. The van der Waals surface area contributed by atoms with Gasteiger partial charge in [-0.1, -0.05) is 18.2 Å². The van der Waals surface area contributed by atoms with E-state index in [0.29, 0.717) is 48.8 Å². The molecule has 2 heterocycles. The van der Waals surface area contributed by atoms with Crippen molar-refractivity contribution in [1.29, 1.82) is 0 Å². The molecule has 0 radical (unpaired) electrons. The summed E-state index contributed by atoms with van der Waals surface area (Å²) in [5.74, 6) is -0.885. The molecule has 12 heteroatoms. The number of halogens is 4. The molecule has 0 saturated carbocycles. The Morgan fingerprint density at radius 3 is 2.69 bits per heavy atom. The molecule has 8 nitrogen and oxygen atoms in total. The number of carbonyl (C=O) groups is 1. The molecular weight excluding hydrogens is 480 g/mol. The zero-order chi connectivity index (χ0) is 25.7. The minimum Gasteiger partial charge on any atom is -0.378 e. The summed E-state index contributed by atoms with van der Waals surface area (Å²) in [5, 5.41) is 3.08. The molecule has 2 aromatic rings. The first-order chi connectivity index (χ1) is 17.2. The molecule has 1 saturated heterocycles. The van der Waals surface area contributed by atoms with Gasteiger partial charge in [-0.3, -0.25) is 15.6 Å². The Morgan fingerprint density at radius 2 is 1.97 bits per heavy atom. The summed E-state index contributed by atoms with van der Waals surface area (Å²) >= 11 is 0. The molecule has 1 fully saturated rings. The van der Waals surface area contributed by atoms with Crippen LogP contribution in [0.25, 0.3) is 0 Å². The molecule has 1 aromatic carbocycles. The van der Waals surface area contributed by atoms with E-state index in [1.807, 2.05) is 0 Å². The first kappa shape index (κ1) is 25.2. The molecule has 36 heavy (non-hydrogen) atoms. The number of allylic oxidation sites excluding steroid dienone is 5. The van der Waals surface area contributed by atoms with Crippen LogP contribution in [0.15, 0.2) is 60.0 Å². The summed E-state index contributed by atoms with van der Waals surface area (Å²) in [6.45, 7) is 3.64. The molecule has 3 N–H and O–H groups in total. The maximum Gasteiger partial charge on any atom is 0.416 e. The smallest absolute Gasteiger partial charge is 0.378 e. The second-order valence-corrected chi connectivity index (χ2v) is 8.11. The highest BCUT2D eigenvalue weighted by atomic mass is 19.4. The average molecular weight is 504 g/mol. The fraction of sp³-hybridized carbons (Fsp3) is 0.292. The van der Waals surface area contributed by atoms with Crippen LogP contribution >= 0.6 is 0 Å². The highest BCUT2D eigenvalue weighted by Gasteiger charge is 2.31. The van der Waals surface area contributed by atoms with Gasteiger partial charge in [0, 0.05) is 36.5 Å². The van der Waals surface area contributed by atoms with Crippen LogP contribution in [0, 0.1) is 12.7 Å². The Hall–Kier alpha value is -3.93. The van der Waals surface area contributed by atoms with Crippen LogP contribution in [-0.2, 0) is 4.74 Å². The van der Waals surface area contributed by atoms with Gasteiger partial charge in [0.25, 0.3) is 5.91 Å². The van der Waals surface area contributed by atoms with Crippen LogP contribution in [0.3, 0.4) is 0 Å². The Bertz CT molecular complexity index is 1220. The maximum absolute atomic E-state index is 14.2. The molecule has 190 valence electrons. The lowest BCUT2D eigenvalue weighted by molar-refractivity contribution is -0.0883. The van der Waals surface area contributed by atoms with Gasteiger partial charge >= 0.3 is 6.18 Å². The van der Waals surface area contributed by atoms with E-state index in [0.717, 1.165) is 18.3 Å². The van der Waals surface area contributed by atoms with Crippen LogP contribution in [0.5, 0.6) is 0 Å². The van der Waals surface area contributed by atoms with E-state index in [1.54, 1.807) is 36.1 Å². The molecule has 1 aromatic heterocycles. The van der Waals surface area contributed by atoms with E-state index in [1.165, 1.54) is 6.08 Å². The number of nitrogens with zero attached hydrogens (tertiary/aromatic N) is 3. The molecule has 2 aliphatic rings. The molecular formula is C24H24F4N6O2. The van der Waals surface area contributed by atoms with Crippen molar-refractivity contribution in [3.63, 3.8) is 0 Å². The summed E-state index contributed by atoms with van der Waals surface area (Å²) in [4.78, 5) is 22.4. The zero-order valence-corrected chi connectivity index (χ0v) is 19.3. The summed E-state index contributed by atoms with van der Waals surface area (Å²) < 4.78 is 58.2. The lowest BCUT2D eigenvalue weighted by Crippen LogP contribution is -2.38. The van der Waals surface area contributed by atoms with Crippen LogP contribution < -0.4 is 21.1 Å². The number of nitrogens with one attached hydrogen (secondary N) is 3. The van der Waals surface area contributed by atoms with Crippen molar-refractivity contribution < 1.29 is 27.1 Å². The Balaban J connectivity index is 1.37. The Labute approximate surface area is 204 Å². The summed E-state index contributed by atoms with van der Waals surface area (Å²) in [6, 6.07) is 4.95. The first-order valence-corrected chi connectivity index (χ1v) is 11.1. The minimum atomic E-state index is -4.40. The van der Waals surface area contributed by atoms with E-state index in [4.69, 9.17) is 4.74 Å². The molecule has 0 spiro atoms. The van der Waals surface area contributed by atoms with Crippen molar-refractivity contribution in [1.82, 2.24) is 15.4 Å². The van der Waals surface area contributed by atoms with Crippen molar-refractivity contribution in [3.05, 3.63) is 76.9 Å². The molecule has 0 atom stereocenters. The van der Waals surface area contributed by atoms with Crippen molar-refractivity contribution in [2.75, 3.05) is 41.9 Å². The van der Waals surface area contributed by atoms with Crippen molar-refractivity contribution in [3.8, 4) is 0 Å². The van der Waals surface area contributed by atoms with E-state index in [-0.39, 0.29) is 18.2 Å². The summed E-state index contributed by atoms with van der Waals surface area (Å²) in [7, 11) is 0. The predicted octanol–water partition coefficient (Wildman–Crippen LogP) is 4.26. The van der Waals surface area contributed by atoms with Crippen molar-refractivity contribution in [2.24, 2.45) is 0 Å². The number of rotatable bonds is 6. The van der Waals surface area contributed by atoms with E-state index >= 15 is 0 Å². The Morgan fingerprint density at radius 1 is 1.19 bits per heavy atom. The average Bonchev–Trinajstić information content (AvgIpc) is 3.10. The van der Waals surface area contributed by atoms with Crippen LogP contribution in [0.1, 0.15) is 22.3 Å². The van der Waals surface area contributed by atoms with Crippen LogP contribution in [0.4, 0.5) is 35.0 Å². The third-order valence-corrected chi connectivity index (χ3v) is 5.54. The Kier molecular flexibility index (Phi) is 7.53. The monoisotopic (exact) mass is 504 g/mol. The number of hydrazine groups is 1. The van der Waals surface area contributed by atoms with Gasteiger partial charge in [0.15, 0.2) is 11.6 Å². The van der Waals surface area contributed by atoms with Gasteiger partial charge in [0.2, 0.25) is 5.95 Å². The van der Waals surface area contributed by atoms with Gasteiger partial charge in [-0.25, -0.2) is 9.37 Å². The molecule has 4 rings (SSSR count). The highest BCUT2D eigenvalue weighted by Crippen LogP contribution is 2.29. The fourth-order valence-electron chi connectivity index (χ4n) is 3.70. The number of alkyl halides is 3. The third kappa shape index (κ3) is 6.19. The van der Waals surface area contributed by atoms with Gasteiger partial charge < -0.3 is 15.0 Å². The number of benzene rings is 1. The number of aryl methyl sites for hydroxylation is 1. The molecule has 0 unspecified atom stereocenters. The second-order valence-electron chi connectivity index (χ2n) is 8.11. The minimum absolute atomic E-state index is 0.0295. The molecule has 1 aliphatic carbocycles. The lowest BCUT2D eigenvalue weighted by Gasteiger charge is -2.28. The second kappa shape index (κ2) is 10.8. The topological polar surface area (TPSA) is 91.4 Å². The number of amides is 1. The van der Waals surface area contributed by atoms with Crippen LogP contribution in [-0.4, -0.2) is 48.4 Å². The highest BCUT2D eigenvalue weighted by molar-refractivity contribution is 5.96. The number of hydrogen-bond donors (Lipinski definition) is 3. The molecule has 0 bridgehead atoms. The number of carbonyl (C=O) groups excluding carboxylic acids is 1. The standard InChI is InChI=1S/C24H24F4N6O2/c1-15-13-18(30-17-4-2-3-16(5-6-17)24(26,27)28)7-8-19(15)22(35)32-33-23-29-14-20(25)21(31-23)34-9-11-36-12-10-34/h2-5,7-8,13-14,30H,6,9-12H2,1H3,(H,32,35)(H,29,31,33). The van der Waals surface area contributed by atoms with Gasteiger partial charge in [-0.15, -0.1) is 0 Å². The van der Waals surface area contributed by atoms with E-state index in [2.05, 4.69) is 26.1 Å². The number of anilines is 3. The molecule has 1 amide bonds. The summed E-state index contributed by atoms with van der Waals surface area (Å²) in [6.07, 6.45) is 1.77. The maximum atomic E-state index is 14.2. The third-order valence-electron chi connectivity index (χ3n) is 5.54. The first-order valence-electron chi connectivity index (χ1n) is 11.1. The van der Waals surface area contributed by atoms with Gasteiger partial charge in [-0.2, -0.15) is 18.2 Å². The van der Waals surface area contributed by atoms with Gasteiger partial charge in [-0.05, 0) is 36.8 Å². The van der Waals surface area contributed by atoms with E-state index in [9.17, 15) is 22.4 Å². The lowest BCUT2D eigenvalue weighted by atomic mass is 10.1. The largest absolute Gasteiger partial charge is 0.416 e. The van der Waals surface area contributed by atoms with Gasteiger partial charge in [0.05, 0.1) is 25.0 Å². The van der Waals surface area contributed by atoms with Crippen molar-refractivity contribution >= 4 is 23.4 Å². The number of ether oxygens (including phenoxy) is 1. The number of hydrogen-bond acceptors (Lipinski definition) is 7. The fourth-order valence-corrected chi connectivity index (χ4v) is 3.70.